The lowest BCUT2D eigenvalue weighted by Gasteiger charge is -2.24. The summed E-state index contributed by atoms with van der Waals surface area (Å²) in [6.45, 7) is -0.0241. The van der Waals surface area contributed by atoms with Crippen LogP contribution in [0.2, 0.25) is 5.02 Å². The summed E-state index contributed by atoms with van der Waals surface area (Å²) in [7, 11) is -4.20. The SMILES string of the molecule is O=C(NCCN1C(=O)S/C(=C/c2ccc(Cl)cc2)C1=O)[C@H]1CCCN1S(=O)(=O)c1ccccc1F. The number of hydrogen-bond donors (Lipinski definition) is 1. The van der Waals surface area contributed by atoms with Crippen LogP contribution in [0.1, 0.15) is 18.4 Å². The Kier molecular flexibility index (Phi) is 7.60. The molecule has 2 fully saturated rings. The van der Waals surface area contributed by atoms with Crippen LogP contribution in [0.4, 0.5) is 9.18 Å². The van der Waals surface area contributed by atoms with Crippen LogP contribution >= 0.6 is 23.4 Å². The molecule has 0 spiro atoms. The van der Waals surface area contributed by atoms with E-state index in [2.05, 4.69) is 5.32 Å². The Balaban J connectivity index is 1.37. The largest absolute Gasteiger partial charge is 0.353 e. The van der Waals surface area contributed by atoms with Gasteiger partial charge >= 0.3 is 0 Å². The van der Waals surface area contributed by atoms with Crippen LogP contribution in [0.15, 0.2) is 58.3 Å². The molecule has 3 amide bonds. The Bertz CT molecular complexity index is 1300. The average molecular weight is 538 g/mol. The van der Waals surface area contributed by atoms with Gasteiger partial charge in [0, 0.05) is 24.7 Å². The summed E-state index contributed by atoms with van der Waals surface area (Å²) in [5.74, 6) is -1.93. The fraction of sp³-hybridized carbons (Fsp3) is 0.261. The van der Waals surface area contributed by atoms with Crippen LogP contribution in [-0.4, -0.2) is 60.4 Å². The fourth-order valence-electron chi connectivity index (χ4n) is 3.88. The van der Waals surface area contributed by atoms with Crippen LogP contribution in [0, 0.1) is 5.82 Å². The number of rotatable bonds is 7. The number of benzene rings is 2. The van der Waals surface area contributed by atoms with Crippen LogP contribution in [0.3, 0.4) is 0 Å². The minimum atomic E-state index is -4.20. The highest BCUT2D eigenvalue weighted by atomic mass is 35.5. The molecule has 0 aliphatic carbocycles. The molecule has 1 N–H and O–H groups in total. The van der Waals surface area contributed by atoms with Crippen molar-refractivity contribution in [3.05, 3.63) is 69.8 Å². The molecule has 8 nitrogen and oxygen atoms in total. The van der Waals surface area contributed by atoms with Gasteiger partial charge in [-0.15, -0.1) is 0 Å². The molecular weight excluding hydrogens is 517 g/mol. The van der Waals surface area contributed by atoms with Crippen LogP contribution < -0.4 is 5.32 Å². The first-order valence-corrected chi connectivity index (χ1v) is 13.4. The second-order valence-electron chi connectivity index (χ2n) is 7.88. The van der Waals surface area contributed by atoms with Crippen molar-refractivity contribution < 1.29 is 27.2 Å². The smallest absolute Gasteiger partial charge is 0.293 e. The normalized spacial score (nSPS) is 20.1. The molecule has 2 aliphatic rings. The van der Waals surface area contributed by atoms with E-state index in [1.165, 1.54) is 12.1 Å². The summed E-state index contributed by atoms with van der Waals surface area (Å²) >= 11 is 6.66. The molecule has 2 saturated heterocycles. The van der Waals surface area contributed by atoms with Gasteiger partial charge < -0.3 is 5.32 Å². The van der Waals surface area contributed by atoms with Gasteiger partial charge in [0.1, 0.15) is 16.8 Å². The maximum atomic E-state index is 14.1. The third-order valence-corrected chi connectivity index (χ3v) is 8.71. The van der Waals surface area contributed by atoms with Crippen LogP contribution in [0.5, 0.6) is 0 Å². The van der Waals surface area contributed by atoms with Crippen LogP contribution in [-0.2, 0) is 19.6 Å². The molecule has 2 aliphatic heterocycles. The molecular formula is C23H21ClFN3O5S2. The lowest BCUT2D eigenvalue weighted by molar-refractivity contribution is -0.125. The molecule has 12 heteroatoms. The zero-order valence-electron chi connectivity index (χ0n) is 18.3. The number of thioether (sulfide) groups is 1. The molecule has 0 radical (unpaired) electrons. The Labute approximate surface area is 211 Å². The summed E-state index contributed by atoms with van der Waals surface area (Å²) in [5, 5.41) is 2.69. The molecule has 0 saturated carbocycles. The quantitative estimate of drug-likeness (QED) is 0.542. The van der Waals surface area contributed by atoms with Gasteiger partial charge in [0.05, 0.1) is 4.91 Å². The van der Waals surface area contributed by atoms with Crippen molar-refractivity contribution in [1.82, 2.24) is 14.5 Å². The fourth-order valence-corrected chi connectivity index (χ4v) is 6.60. The van der Waals surface area contributed by atoms with Gasteiger partial charge in [-0.05, 0) is 60.5 Å². The molecule has 2 aromatic carbocycles. The molecule has 4 rings (SSSR count). The van der Waals surface area contributed by atoms with E-state index in [9.17, 15) is 27.2 Å². The van der Waals surface area contributed by atoms with E-state index >= 15 is 0 Å². The van der Waals surface area contributed by atoms with Crippen molar-refractivity contribution in [2.45, 2.75) is 23.8 Å². The molecule has 1 atom stereocenters. The molecule has 184 valence electrons. The molecule has 0 bridgehead atoms. The van der Waals surface area contributed by atoms with E-state index in [4.69, 9.17) is 11.6 Å². The van der Waals surface area contributed by atoms with Crippen molar-refractivity contribution in [2.24, 2.45) is 0 Å². The summed E-state index contributed by atoms with van der Waals surface area (Å²) in [6, 6.07) is 10.8. The number of hydrogen-bond acceptors (Lipinski definition) is 6. The number of carbonyl (C=O) groups excluding carboxylic acids is 3. The van der Waals surface area contributed by atoms with Gasteiger partial charge in [0.25, 0.3) is 11.1 Å². The highest BCUT2D eigenvalue weighted by molar-refractivity contribution is 8.18. The molecule has 2 heterocycles. The van der Waals surface area contributed by atoms with Crippen molar-refractivity contribution in [3.63, 3.8) is 0 Å². The summed E-state index contributed by atoms with van der Waals surface area (Å²) in [4.78, 5) is 38.5. The van der Waals surface area contributed by atoms with Crippen molar-refractivity contribution in [1.29, 1.82) is 0 Å². The van der Waals surface area contributed by atoms with Gasteiger partial charge in [-0.1, -0.05) is 35.9 Å². The first kappa shape index (κ1) is 25.4. The minimum Gasteiger partial charge on any atom is -0.353 e. The Morgan fingerprint density at radius 1 is 1.17 bits per heavy atom. The predicted octanol–water partition coefficient (Wildman–Crippen LogP) is 3.48. The number of carbonyl (C=O) groups is 3. The zero-order chi connectivity index (χ0) is 25.2. The number of sulfonamides is 1. The number of nitrogens with one attached hydrogen (secondary N) is 1. The van der Waals surface area contributed by atoms with E-state index in [1.54, 1.807) is 30.3 Å². The van der Waals surface area contributed by atoms with Gasteiger partial charge in [-0.2, -0.15) is 4.31 Å². The lowest BCUT2D eigenvalue weighted by atomic mass is 10.2. The molecule has 35 heavy (non-hydrogen) atoms. The third-order valence-electron chi connectivity index (χ3n) is 5.61. The van der Waals surface area contributed by atoms with Crippen molar-refractivity contribution in [3.8, 4) is 0 Å². The molecule has 2 aromatic rings. The van der Waals surface area contributed by atoms with Crippen LogP contribution in [0.25, 0.3) is 6.08 Å². The Morgan fingerprint density at radius 3 is 2.60 bits per heavy atom. The first-order valence-electron chi connectivity index (χ1n) is 10.7. The van der Waals surface area contributed by atoms with E-state index in [1.807, 2.05) is 0 Å². The number of amides is 3. The summed E-state index contributed by atoms with van der Waals surface area (Å²) < 4.78 is 41.0. The number of nitrogens with zero attached hydrogens (tertiary/aromatic N) is 2. The van der Waals surface area contributed by atoms with E-state index in [0.29, 0.717) is 17.0 Å². The van der Waals surface area contributed by atoms with E-state index in [-0.39, 0.29) is 31.0 Å². The topological polar surface area (TPSA) is 104 Å². The monoisotopic (exact) mass is 537 g/mol. The maximum Gasteiger partial charge on any atom is 0.293 e. The van der Waals surface area contributed by atoms with Gasteiger partial charge in [-0.3, -0.25) is 19.3 Å². The third kappa shape index (κ3) is 5.43. The second kappa shape index (κ2) is 10.5. The average Bonchev–Trinajstić information content (AvgIpc) is 3.42. The van der Waals surface area contributed by atoms with Crippen molar-refractivity contribution >= 4 is 56.5 Å². The van der Waals surface area contributed by atoms with E-state index < -0.39 is 43.8 Å². The summed E-state index contributed by atoms with van der Waals surface area (Å²) in [6.07, 6.45) is 2.32. The second-order valence-corrected chi connectivity index (χ2v) is 11.2. The Hall–Kier alpha value is -2.73. The number of halogens is 2. The van der Waals surface area contributed by atoms with Crippen molar-refractivity contribution in [2.75, 3.05) is 19.6 Å². The maximum absolute atomic E-state index is 14.1. The van der Waals surface area contributed by atoms with E-state index in [0.717, 1.165) is 33.1 Å². The highest BCUT2D eigenvalue weighted by Gasteiger charge is 2.40. The highest BCUT2D eigenvalue weighted by Crippen LogP contribution is 2.32. The predicted molar refractivity (Wildman–Crippen MR) is 130 cm³/mol. The lowest BCUT2D eigenvalue weighted by Crippen LogP contribution is -2.47. The molecule has 0 unspecified atom stereocenters. The van der Waals surface area contributed by atoms with Gasteiger partial charge in [-0.25, -0.2) is 12.8 Å². The molecule has 0 aromatic heterocycles. The standard InChI is InChI=1S/C23H21ClFN3O5S2/c24-16-9-7-15(8-10-16)14-19-22(30)27(23(31)34-19)13-11-26-21(29)18-5-3-12-28(18)35(32,33)20-6-2-1-4-17(20)25/h1-2,4,6-10,14,18H,3,5,11-13H2,(H,26,29)/b19-14+/t18-/m1/s1. The Morgan fingerprint density at radius 2 is 1.89 bits per heavy atom. The minimum absolute atomic E-state index is 0.0464. The first-order chi connectivity index (χ1) is 16.7. The number of imide groups is 1. The zero-order valence-corrected chi connectivity index (χ0v) is 20.7. The van der Waals surface area contributed by atoms with Gasteiger partial charge in [0.2, 0.25) is 15.9 Å². The van der Waals surface area contributed by atoms with Gasteiger partial charge in [0.15, 0.2) is 0 Å². The summed E-state index contributed by atoms with van der Waals surface area (Å²) in [5.41, 5.74) is 0.714.